The molecule has 0 saturated heterocycles. The van der Waals surface area contributed by atoms with E-state index in [4.69, 9.17) is 9.47 Å². The van der Waals surface area contributed by atoms with Crippen LogP contribution in [0.2, 0.25) is 0 Å². The summed E-state index contributed by atoms with van der Waals surface area (Å²) in [4.78, 5) is 19.6. The minimum atomic E-state index is -0.472. The maximum atomic E-state index is 13.4. The molecule has 2 aromatic carbocycles. The fourth-order valence-corrected chi connectivity index (χ4v) is 3.59. The van der Waals surface area contributed by atoms with Crippen molar-refractivity contribution in [1.82, 2.24) is 4.98 Å². The molecule has 1 N–H and O–H groups in total. The number of rotatable bonds is 5. The largest absolute Gasteiger partial charge is 0.497 e. The molecule has 148 valence electrons. The summed E-state index contributed by atoms with van der Waals surface area (Å²) in [6.45, 7) is 4.08. The molecule has 1 amide bonds. The first-order valence-corrected chi connectivity index (χ1v) is 9.37. The van der Waals surface area contributed by atoms with Crippen molar-refractivity contribution in [2.24, 2.45) is 0 Å². The molecule has 1 aliphatic rings. The average molecular weight is 389 g/mol. The fourth-order valence-electron chi connectivity index (χ4n) is 3.59. The SMILES string of the molecule is COc1ccc(OC)c(N2C(=O)c3cccnc3C2Nc2cc(C)ccc2C)c1. The quantitative estimate of drug-likeness (QED) is 0.697. The van der Waals surface area contributed by atoms with Gasteiger partial charge in [-0.3, -0.25) is 14.7 Å². The molecule has 4 rings (SSSR count). The molecular formula is C23H23N3O3. The summed E-state index contributed by atoms with van der Waals surface area (Å²) in [5.74, 6) is 1.09. The smallest absolute Gasteiger partial charge is 0.262 e. The predicted molar refractivity (Wildman–Crippen MR) is 113 cm³/mol. The molecule has 2 heterocycles. The van der Waals surface area contributed by atoms with Gasteiger partial charge in [-0.15, -0.1) is 0 Å². The van der Waals surface area contributed by atoms with Crippen molar-refractivity contribution in [3.8, 4) is 11.5 Å². The van der Waals surface area contributed by atoms with Gasteiger partial charge in [0, 0.05) is 18.0 Å². The van der Waals surface area contributed by atoms with Crippen LogP contribution in [0.1, 0.15) is 33.3 Å². The Kier molecular flexibility index (Phi) is 4.84. The average Bonchev–Trinajstić information content (AvgIpc) is 3.02. The van der Waals surface area contributed by atoms with Gasteiger partial charge in [0.1, 0.15) is 11.5 Å². The minimum Gasteiger partial charge on any atom is -0.497 e. The van der Waals surface area contributed by atoms with E-state index in [1.54, 1.807) is 55.6 Å². The lowest BCUT2D eigenvalue weighted by molar-refractivity contribution is 0.0992. The monoisotopic (exact) mass is 389 g/mol. The van der Waals surface area contributed by atoms with Gasteiger partial charge in [-0.25, -0.2) is 0 Å². The van der Waals surface area contributed by atoms with Gasteiger partial charge >= 0.3 is 0 Å². The Hall–Kier alpha value is -3.54. The van der Waals surface area contributed by atoms with E-state index in [1.165, 1.54) is 0 Å². The summed E-state index contributed by atoms with van der Waals surface area (Å²) in [5, 5.41) is 3.52. The Morgan fingerprint density at radius 3 is 2.62 bits per heavy atom. The molecule has 0 aliphatic carbocycles. The zero-order valence-electron chi connectivity index (χ0n) is 16.9. The number of fused-ring (bicyclic) bond motifs is 1. The lowest BCUT2D eigenvalue weighted by atomic mass is 10.1. The van der Waals surface area contributed by atoms with E-state index in [-0.39, 0.29) is 5.91 Å². The lowest BCUT2D eigenvalue weighted by Crippen LogP contribution is -2.33. The molecule has 0 spiro atoms. The topological polar surface area (TPSA) is 63.7 Å². The van der Waals surface area contributed by atoms with E-state index in [2.05, 4.69) is 28.5 Å². The highest BCUT2D eigenvalue weighted by atomic mass is 16.5. The number of amides is 1. The van der Waals surface area contributed by atoms with E-state index in [9.17, 15) is 4.79 Å². The zero-order chi connectivity index (χ0) is 20.5. The molecule has 1 atom stereocenters. The fraction of sp³-hybridized carbons (Fsp3) is 0.217. The van der Waals surface area contributed by atoms with Crippen LogP contribution in [0, 0.1) is 13.8 Å². The molecule has 0 bridgehead atoms. The Morgan fingerprint density at radius 2 is 1.86 bits per heavy atom. The minimum absolute atomic E-state index is 0.137. The van der Waals surface area contributed by atoms with Gasteiger partial charge in [0.05, 0.1) is 31.2 Å². The van der Waals surface area contributed by atoms with Crippen LogP contribution in [0.4, 0.5) is 11.4 Å². The number of benzene rings is 2. The van der Waals surface area contributed by atoms with Crippen molar-refractivity contribution >= 4 is 17.3 Å². The number of aromatic nitrogens is 1. The number of pyridine rings is 1. The summed E-state index contributed by atoms with van der Waals surface area (Å²) in [5.41, 5.74) is 5.05. The molecule has 0 radical (unpaired) electrons. The van der Waals surface area contributed by atoms with Crippen molar-refractivity contribution in [3.05, 3.63) is 77.1 Å². The van der Waals surface area contributed by atoms with Crippen LogP contribution in [-0.2, 0) is 0 Å². The first-order valence-electron chi connectivity index (χ1n) is 9.37. The first kappa shape index (κ1) is 18.8. The highest BCUT2D eigenvalue weighted by Crippen LogP contribution is 2.42. The van der Waals surface area contributed by atoms with Gasteiger partial charge in [-0.1, -0.05) is 12.1 Å². The van der Waals surface area contributed by atoms with Crippen molar-refractivity contribution < 1.29 is 14.3 Å². The van der Waals surface area contributed by atoms with Crippen LogP contribution in [-0.4, -0.2) is 25.1 Å². The molecule has 0 saturated carbocycles. The number of ether oxygens (including phenoxy) is 2. The lowest BCUT2D eigenvalue weighted by Gasteiger charge is -2.28. The number of nitrogens with zero attached hydrogens (tertiary/aromatic N) is 2. The van der Waals surface area contributed by atoms with Crippen LogP contribution in [0.25, 0.3) is 0 Å². The highest BCUT2D eigenvalue weighted by Gasteiger charge is 2.40. The van der Waals surface area contributed by atoms with Crippen LogP contribution in [0.15, 0.2) is 54.7 Å². The third kappa shape index (κ3) is 3.27. The van der Waals surface area contributed by atoms with Gasteiger partial charge in [-0.2, -0.15) is 0 Å². The number of hydrogen-bond donors (Lipinski definition) is 1. The molecule has 29 heavy (non-hydrogen) atoms. The Bertz CT molecular complexity index is 1080. The summed E-state index contributed by atoms with van der Waals surface area (Å²) >= 11 is 0. The highest BCUT2D eigenvalue weighted by molar-refractivity contribution is 6.11. The molecular weight excluding hydrogens is 366 g/mol. The van der Waals surface area contributed by atoms with Crippen LogP contribution in [0.5, 0.6) is 11.5 Å². The van der Waals surface area contributed by atoms with Crippen LogP contribution < -0.4 is 19.7 Å². The molecule has 1 unspecified atom stereocenters. The van der Waals surface area contributed by atoms with Crippen molar-refractivity contribution in [2.75, 3.05) is 24.4 Å². The van der Waals surface area contributed by atoms with Gasteiger partial charge in [0.25, 0.3) is 5.91 Å². The number of nitrogens with one attached hydrogen (secondary N) is 1. The van der Waals surface area contributed by atoms with E-state index in [1.807, 2.05) is 13.8 Å². The number of hydrogen-bond acceptors (Lipinski definition) is 5. The molecule has 6 nitrogen and oxygen atoms in total. The molecule has 0 fully saturated rings. The van der Waals surface area contributed by atoms with E-state index >= 15 is 0 Å². The second kappa shape index (κ2) is 7.47. The summed E-state index contributed by atoms with van der Waals surface area (Å²) in [6, 6.07) is 15.2. The van der Waals surface area contributed by atoms with Crippen molar-refractivity contribution in [1.29, 1.82) is 0 Å². The summed E-state index contributed by atoms with van der Waals surface area (Å²) < 4.78 is 10.9. The number of anilines is 2. The summed E-state index contributed by atoms with van der Waals surface area (Å²) in [7, 11) is 3.18. The standard InChI is InChI=1S/C23H23N3O3/c1-14-7-8-15(2)18(12-14)25-22-21-17(6-5-11-24-21)23(27)26(22)19-13-16(28-3)9-10-20(19)29-4/h5-13,22,25H,1-4H3. The number of carbonyl (C=O) groups excluding carboxylic acids is 1. The van der Waals surface area contributed by atoms with Gasteiger partial charge in [0.15, 0.2) is 6.17 Å². The summed E-state index contributed by atoms with van der Waals surface area (Å²) in [6.07, 6.45) is 1.23. The van der Waals surface area contributed by atoms with Crippen LogP contribution in [0.3, 0.4) is 0 Å². The molecule has 3 aromatic rings. The second-order valence-corrected chi connectivity index (χ2v) is 7.01. The number of methoxy groups -OCH3 is 2. The van der Waals surface area contributed by atoms with E-state index < -0.39 is 6.17 Å². The normalized spacial score (nSPS) is 15.2. The third-order valence-corrected chi connectivity index (χ3v) is 5.14. The predicted octanol–water partition coefficient (Wildman–Crippen LogP) is 4.49. The molecule has 1 aliphatic heterocycles. The van der Waals surface area contributed by atoms with Gasteiger partial charge in [-0.05, 0) is 55.3 Å². The molecule has 6 heteroatoms. The maximum Gasteiger partial charge on any atom is 0.262 e. The third-order valence-electron chi connectivity index (χ3n) is 5.14. The van der Waals surface area contributed by atoms with Gasteiger partial charge < -0.3 is 14.8 Å². The van der Waals surface area contributed by atoms with E-state index in [0.717, 1.165) is 16.8 Å². The van der Waals surface area contributed by atoms with E-state index in [0.29, 0.717) is 28.4 Å². The Labute approximate surface area is 170 Å². The van der Waals surface area contributed by atoms with Gasteiger partial charge in [0.2, 0.25) is 0 Å². The number of aryl methyl sites for hydroxylation is 2. The second-order valence-electron chi connectivity index (χ2n) is 7.01. The zero-order valence-corrected chi connectivity index (χ0v) is 16.9. The maximum absolute atomic E-state index is 13.4. The van der Waals surface area contributed by atoms with Crippen LogP contribution >= 0.6 is 0 Å². The molecule has 1 aromatic heterocycles. The van der Waals surface area contributed by atoms with Crippen molar-refractivity contribution in [3.63, 3.8) is 0 Å². The van der Waals surface area contributed by atoms with Crippen molar-refractivity contribution in [2.45, 2.75) is 20.0 Å². The Morgan fingerprint density at radius 1 is 1.03 bits per heavy atom. The Balaban J connectivity index is 1.86. The first-order chi connectivity index (χ1) is 14.0. The number of carbonyl (C=O) groups is 1.